The predicted octanol–water partition coefficient (Wildman–Crippen LogP) is 5.41. The molecule has 6 rings (SSSR count). The molecule has 1 N–H and O–H groups in total. The molecule has 6 atom stereocenters. The quantitative estimate of drug-likeness (QED) is 0.144. The Bertz CT molecular complexity index is 1720. The monoisotopic (exact) mass is 728 g/mol. The maximum Gasteiger partial charge on any atom is 0.573 e. The molecule has 0 radical (unpaired) electrons. The van der Waals surface area contributed by atoms with Crippen molar-refractivity contribution in [3.05, 3.63) is 65.2 Å². The number of allylic oxidation sites excluding steroid dienone is 2. The van der Waals surface area contributed by atoms with Gasteiger partial charge in [-0.15, -0.1) is 36.4 Å². The number of rotatable bonds is 5. The minimum Gasteiger partial charge on any atom is -0.508 e. The second kappa shape index (κ2) is 10.6. The first-order valence-electron chi connectivity index (χ1n) is 13.6. The molecule has 4 aliphatic rings. The largest absolute Gasteiger partial charge is 0.573 e. The van der Waals surface area contributed by atoms with Crippen molar-refractivity contribution < 1.29 is 47.0 Å². The van der Waals surface area contributed by atoms with E-state index in [4.69, 9.17) is 23.2 Å². The van der Waals surface area contributed by atoms with Gasteiger partial charge in [0, 0.05) is 17.0 Å². The summed E-state index contributed by atoms with van der Waals surface area (Å²) in [6.07, 6.45) is -3.88. The Morgan fingerprint density at radius 1 is 1.04 bits per heavy atom. The molecule has 4 amide bonds. The molecule has 6 unspecified atom stereocenters. The van der Waals surface area contributed by atoms with Crippen LogP contribution >= 0.6 is 39.1 Å². The van der Waals surface area contributed by atoms with E-state index in [9.17, 15) is 42.3 Å². The lowest BCUT2D eigenvalue weighted by atomic mass is 9.56. The van der Waals surface area contributed by atoms with Crippen molar-refractivity contribution in [2.75, 3.05) is 10.4 Å². The number of ether oxygens (including phenoxy) is 1. The second-order valence-electron chi connectivity index (χ2n) is 11.4. The van der Waals surface area contributed by atoms with Gasteiger partial charge in [0.2, 0.25) is 11.8 Å². The van der Waals surface area contributed by atoms with E-state index in [0.29, 0.717) is 5.56 Å². The number of carbonyl (C=O) groups is 5. The number of halogens is 6. The van der Waals surface area contributed by atoms with Gasteiger partial charge in [-0.05, 0) is 68.1 Å². The molecule has 0 aromatic heterocycles. The summed E-state index contributed by atoms with van der Waals surface area (Å²) in [5.41, 5.74) is 0.277. The van der Waals surface area contributed by atoms with Gasteiger partial charge >= 0.3 is 6.36 Å². The van der Waals surface area contributed by atoms with Crippen LogP contribution in [0.25, 0.3) is 0 Å². The van der Waals surface area contributed by atoms with Crippen LogP contribution in [0.1, 0.15) is 41.6 Å². The number of imide groups is 2. The molecule has 15 heteroatoms. The zero-order valence-electron chi connectivity index (χ0n) is 23.1. The fourth-order valence-corrected chi connectivity index (χ4v) is 8.58. The van der Waals surface area contributed by atoms with Gasteiger partial charge < -0.3 is 9.84 Å². The Hall–Kier alpha value is -3.42. The Balaban J connectivity index is 1.50. The van der Waals surface area contributed by atoms with Crippen LogP contribution < -0.4 is 9.64 Å². The first-order valence-corrected chi connectivity index (χ1v) is 15.5. The molecule has 3 fully saturated rings. The number of alkyl halides is 6. The van der Waals surface area contributed by atoms with Crippen LogP contribution in [0.3, 0.4) is 0 Å². The van der Waals surface area contributed by atoms with E-state index in [0.717, 1.165) is 28.0 Å². The van der Waals surface area contributed by atoms with E-state index in [1.54, 1.807) is 6.08 Å². The van der Waals surface area contributed by atoms with E-state index in [2.05, 4.69) is 20.7 Å². The number of carbonyl (C=O) groups excluding carboxylic acids is 5. The molecule has 2 aromatic carbocycles. The summed E-state index contributed by atoms with van der Waals surface area (Å²) in [4.78, 5) is 64.2. The molecule has 236 valence electrons. The molecule has 1 saturated carbocycles. The smallest absolute Gasteiger partial charge is 0.508 e. The number of ketones is 1. The summed E-state index contributed by atoms with van der Waals surface area (Å²) >= 11 is 17.3. The van der Waals surface area contributed by atoms with Gasteiger partial charge in [-0.2, -0.15) is 0 Å². The topological polar surface area (TPSA) is 121 Å². The number of aromatic hydroxyl groups is 1. The summed E-state index contributed by atoms with van der Waals surface area (Å²) in [7, 11) is 0. The van der Waals surface area contributed by atoms with Crippen LogP contribution in [0.15, 0.2) is 54.1 Å². The number of phenols is 1. The lowest BCUT2D eigenvalue weighted by molar-refractivity contribution is -0.274. The van der Waals surface area contributed by atoms with Crippen LogP contribution in [0, 0.1) is 17.8 Å². The van der Waals surface area contributed by atoms with Crippen molar-refractivity contribution in [1.29, 1.82) is 0 Å². The number of nitrogens with zero attached hydrogens (tertiary/aromatic N) is 2. The van der Waals surface area contributed by atoms with E-state index >= 15 is 0 Å². The standard InChI is InChI=1S/C30H22BrCl2F3N2O7/c1-13(39)14-2-4-15(5-3-14)38-24(41)18-8-7-17-20(22(18)25(38)42)11-28(32)26(43)37(12-31)27(44)29(28,33)23(17)19-10-16(6-9-21(19)40)45-30(34,35)36/h2-7,9-10,18,20,22-23,40H,8,11-12H2,1H3. The highest BCUT2D eigenvalue weighted by Crippen LogP contribution is 2.66. The van der Waals surface area contributed by atoms with E-state index in [1.807, 2.05) is 0 Å². The van der Waals surface area contributed by atoms with Gasteiger partial charge in [-0.25, -0.2) is 0 Å². The number of anilines is 1. The summed E-state index contributed by atoms with van der Waals surface area (Å²) < 4.78 is 43.6. The lowest BCUT2D eigenvalue weighted by Crippen LogP contribution is -2.60. The van der Waals surface area contributed by atoms with Gasteiger partial charge in [0.15, 0.2) is 15.5 Å². The molecule has 2 aliphatic carbocycles. The molecule has 9 nitrogen and oxygen atoms in total. The molecule has 45 heavy (non-hydrogen) atoms. The average Bonchev–Trinajstić information content (AvgIpc) is 3.31. The fraction of sp³-hybridized carbons (Fsp3) is 0.367. The Morgan fingerprint density at radius 2 is 1.71 bits per heavy atom. The Kier molecular flexibility index (Phi) is 7.41. The SMILES string of the molecule is CC(=O)c1ccc(N2C(=O)C3CC=C4C(CC5(Cl)C(=O)N(CBr)C(=O)C5(Cl)C4c4cc(OC(F)(F)F)ccc4O)C3C2=O)cc1. The van der Waals surface area contributed by atoms with Gasteiger partial charge in [-0.3, -0.25) is 33.8 Å². The van der Waals surface area contributed by atoms with Gasteiger partial charge in [0.05, 0.1) is 23.0 Å². The van der Waals surface area contributed by atoms with Crippen molar-refractivity contribution in [2.24, 2.45) is 17.8 Å². The number of phenolic OH excluding ortho intramolecular Hbond substituents is 1. The minimum absolute atomic E-state index is 0.00828. The Morgan fingerprint density at radius 3 is 2.31 bits per heavy atom. The summed E-state index contributed by atoms with van der Waals surface area (Å²) in [5, 5.41) is 11.0. The third kappa shape index (κ3) is 4.52. The molecule has 2 aliphatic heterocycles. The first-order chi connectivity index (χ1) is 21.0. The highest BCUT2D eigenvalue weighted by molar-refractivity contribution is 9.09. The summed E-state index contributed by atoms with van der Waals surface area (Å²) in [6.45, 7) is 1.37. The second-order valence-corrected chi connectivity index (χ2v) is 13.1. The van der Waals surface area contributed by atoms with Crippen molar-refractivity contribution in [1.82, 2.24) is 4.90 Å². The van der Waals surface area contributed by atoms with E-state index < -0.39 is 74.9 Å². The van der Waals surface area contributed by atoms with Crippen LogP contribution in [0.2, 0.25) is 0 Å². The van der Waals surface area contributed by atoms with Crippen LogP contribution in [-0.4, -0.2) is 61.0 Å². The maximum atomic E-state index is 14.1. The molecular weight excluding hydrogens is 708 g/mol. The lowest BCUT2D eigenvalue weighted by Gasteiger charge is -2.50. The van der Waals surface area contributed by atoms with Gasteiger partial charge in [0.1, 0.15) is 11.5 Å². The minimum atomic E-state index is -5.09. The van der Waals surface area contributed by atoms with Crippen molar-refractivity contribution in [2.45, 2.75) is 41.8 Å². The normalized spacial score (nSPS) is 31.0. The highest BCUT2D eigenvalue weighted by atomic mass is 79.9. The molecule has 2 saturated heterocycles. The van der Waals surface area contributed by atoms with Crippen LogP contribution in [0.4, 0.5) is 18.9 Å². The number of Topliss-reactive ketones (excluding diaryl/α,β-unsaturated/α-hetero) is 1. The number of benzene rings is 2. The zero-order chi connectivity index (χ0) is 32.8. The zero-order valence-corrected chi connectivity index (χ0v) is 26.2. The number of likely N-dealkylation sites (tertiary alicyclic amines) is 1. The van der Waals surface area contributed by atoms with Crippen molar-refractivity contribution in [3.8, 4) is 11.5 Å². The molecule has 0 bridgehead atoms. The van der Waals surface area contributed by atoms with Crippen molar-refractivity contribution >= 4 is 74.2 Å². The average molecular weight is 730 g/mol. The van der Waals surface area contributed by atoms with Gasteiger partial charge in [0.25, 0.3) is 11.8 Å². The van der Waals surface area contributed by atoms with Gasteiger partial charge in [-0.1, -0.05) is 27.6 Å². The molecule has 0 spiro atoms. The van der Waals surface area contributed by atoms with Crippen molar-refractivity contribution in [3.63, 3.8) is 0 Å². The molecule has 2 aromatic rings. The number of fused-ring (bicyclic) bond motifs is 4. The molecule has 2 heterocycles. The number of hydrogen-bond donors (Lipinski definition) is 1. The highest BCUT2D eigenvalue weighted by Gasteiger charge is 2.76. The third-order valence-electron chi connectivity index (χ3n) is 9.09. The Labute approximate surface area is 272 Å². The number of amides is 4. The fourth-order valence-electron chi connectivity index (χ4n) is 7.16. The predicted molar refractivity (Wildman–Crippen MR) is 157 cm³/mol. The van der Waals surface area contributed by atoms with E-state index in [-0.39, 0.29) is 40.9 Å². The molecular formula is C30H22BrCl2F3N2O7. The summed E-state index contributed by atoms with van der Waals surface area (Å²) in [6, 6.07) is 8.55. The number of hydrogen-bond acceptors (Lipinski definition) is 7. The van der Waals surface area contributed by atoms with Crippen LogP contribution in [0.5, 0.6) is 11.5 Å². The third-order valence-corrected chi connectivity index (χ3v) is 11.0. The maximum absolute atomic E-state index is 14.1. The summed E-state index contributed by atoms with van der Waals surface area (Å²) in [5.74, 6) is -8.95. The van der Waals surface area contributed by atoms with Crippen LogP contribution in [-0.2, 0) is 19.2 Å². The first kappa shape index (κ1) is 31.6. The van der Waals surface area contributed by atoms with E-state index in [1.165, 1.54) is 31.2 Å².